The van der Waals surface area contributed by atoms with Crippen molar-refractivity contribution in [1.29, 1.82) is 5.26 Å². The topological polar surface area (TPSA) is 136 Å². The standard InChI is InChI=1S/C25H15ClN8O2/c1-15(35)17-6-7-20(29-14-17)24-32-30-22(34(24)21-5-3-2-4-19(21)26)8-9-23-31-33-25(36-23)16-10-11-28-18(12-16)13-27/h2-12,14H,1H3/b9-8+. The number of nitriles is 1. The van der Waals surface area contributed by atoms with Crippen molar-refractivity contribution in [2.45, 2.75) is 6.92 Å². The fourth-order valence-corrected chi connectivity index (χ4v) is 3.58. The van der Waals surface area contributed by atoms with Gasteiger partial charge in [-0.1, -0.05) is 23.7 Å². The predicted octanol–water partition coefficient (Wildman–Crippen LogP) is 4.67. The molecule has 0 saturated heterocycles. The van der Waals surface area contributed by atoms with Gasteiger partial charge in [0, 0.05) is 29.6 Å². The second-order valence-electron chi connectivity index (χ2n) is 7.48. The van der Waals surface area contributed by atoms with Crippen LogP contribution in [0.3, 0.4) is 0 Å². The van der Waals surface area contributed by atoms with Crippen molar-refractivity contribution < 1.29 is 9.21 Å². The zero-order chi connectivity index (χ0) is 25.1. The predicted molar refractivity (Wildman–Crippen MR) is 131 cm³/mol. The molecule has 0 unspecified atom stereocenters. The number of hydrogen-bond acceptors (Lipinski definition) is 9. The fourth-order valence-electron chi connectivity index (χ4n) is 3.36. The summed E-state index contributed by atoms with van der Waals surface area (Å²) in [5.74, 6) is 1.26. The van der Waals surface area contributed by atoms with E-state index in [9.17, 15) is 4.79 Å². The monoisotopic (exact) mass is 494 g/mol. The number of nitrogens with zero attached hydrogens (tertiary/aromatic N) is 8. The number of ketones is 1. The lowest BCUT2D eigenvalue weighted by Gasteiger charge is -2.10. The smallest absolute Gasteiger partial charge is 0.248 e. The van der Waals surface area contributed by atoms with E-state index in [4.69, 9.17) is 21.3 Å². The Hall–Kier alpha value is -5.01. The highest BCUT2D eigenvalue weighted by Gasteiger charge is 2.18. The van der Waals surface area contributed by atoms with Crippen LogP contribution in [0, 0.1) is 11.3 Å². The Kier molecular flexibility index (Phi) is 6.13. The molecule has 36 heavy (non-hydrogen) atoms. The van der Waals surface area contributed by atoms with Gasteiger partial charge in [-0.2, -0.15) is 5.26 Å². The van der Waals surface area contributed by atoms with Crippen LogP contribution in [-0.2, 0) is 0 Å². The first-order valence-corrected chi connectivity index (χ1v) is 11.0. The molecule has 5 rings (SSSR count). The molecule has 11 heteroatoms. The molecule has 0 saturated carbocycles. The van der Waals surface area contributed by atoms with Crippen LogP contribution in [0.25, 0.3) is 40.8 Å². The minimum atomic E-state index is -0.0835. The Bertz CT molecular complexity index is 1650. The molecule has 5 aromatic rings. The average Bonchev–Trinajstić information content (AvgIpc) is 3.55. The molecule has 0 bridgehead atoms. The molecule has 0 fully saturated rings. The Morgan fingerprint density at radius 2 is 1.92 bits per heavy atom. The number of carbonyl (C=O) groups is 1. The second-order valence-corrected chi connectivity index (χ2v) is 7.88. The number of benzene rings is 1. The maximum absolute atomic E-state index is 11.6. The quantitative estimate of drug-likeness (QED) is 0.308. The highest BCUT2D eigenvalue weighted by molar-refractivity contribution is 6.32. The van der Waals surface area contributed by atoms with E-state index in [-0.39, 0.29) is 23.3 Å². The molecular weight excluding hydrogens is 480 g/mol. The first-order valence-electron chi connectivity index (χ1n) is 10.6. The van der Waals surface area contributed by atoms with Gasteiger partial charge >= 0.3 is 0 Å². The van der Waals surface area contributed by atoms with E-state index >= 15 is 0 Å². The molecule has 174 valence electrons. The van der Waals surface area contributed by atoms with Gasteiger partial charge in [-0.3, -0.25) is 14.3 Å². The van der Waals surface area contributed by atoms with Gasteiger partial charge in [-0.25, -0.2) is 4.98 Å². The highest BCUT2D eigenvalue weighted by atomic mass is 35.5. The largest absolute Gasteiger partial charge is 0.417 e. The summed E-state index contributed by atoms with van der Waals surface area (Å²) in [6.45, 7) is 1.48. The lowest BCUT2D eigenvalue weighted by Crippen LogP contribution is -2.02. The number of para-hydroxylation sites is 1. The Balaban J connectivity index is 1.53. The minimum absolute atomic E-state index is 0.0835. The second kappa shape index (κ2) is 9.69. The molecule has 0 amide bonds. The molecule has 0 atom stereocenters. The molecule has 0 aliphatic carbocycles. The summed E-state index contributed by atoms with van der Waals surface area (Å²) in [5, 5.41) is 26.2. The molecule has 10 nitrogen and oxygen atoms in total. The summed E-state index contributed by atoms with van der Waals surface area (Å²) in [7, 11) is 0. The molecular formula is C25H15ClN8O2. The molecule has 4 heterocycles. The van der Waals surface area contributed by atoms with Crippen molar-refractivity contribution in [3.05, 3.63) is 88.9 Å². The number of pyridine rings is 2. The summed E-state index contributed by atoms with van der Waals surface area (Å²) >= 11 is 6.49. The summed E-state index contributed by atoms with van der Waals surface area (Å²) in [4.78, 5) is 20.0. The van der Waals surface area contributed by atoms with Crippen molar-refractivity contribution >= 4 is 29.5 Å². The maximum atomic E-state index is 11.6. The van der Waals surface area contributed by atoms with Gasteiger partial charge in [-0.15, -0.1) is 20.4 Å². The summed E-state index contributed by atoms with van der Waals surface area (Å²) in [6, 6.07) is 15.9. The molecule has 4 aromatic heterocycles. The number of rotatable bonds is 6. The Morgan fingerprint density at radius 3 is 2.67 bits per heavy atom. The normalized spacial score (nSPS) is 11.0. The van der Waals surface area contributed by atoms with Crippen LogP contribution in [0.15, 0.2) is 65.3 Å². The first-order chi connectivity index (χ1) is 17.5. The van der Waals surface area contributed by atoms with E-state index in [1.165, 1.54) is 19.3 Å². The van der Waals surface area contributed by atoms with Crippen LogP contribution < -0.4 is 0 Å². The van der Waals surface area contributed by atoms with E-state index in [0.29, 0.717) is 39.2 Å². The SMILES string of the molecule is CC(=O)c1ccc(-c2nnc(/C=C/c3nnc(-c4ccnc(C#N)c4)o3)n2-c2ccccc2Cl)nc1. The minimum Gasteiger partial charge on any atom is -0.417 e. The van der Waals surface area contributed by atoms with Crippen LogP contribution in [0.2, 0.25) is 5.02 Å². The van der Waals surface area contributed by atoms with Crippen LogP contribution >= 0.6 is 11.6 Å². The number of carbonyl (C=O) groups excluding carboxylic acids is 1. The summed E-state index contributed by atoms with van der Waals surface area (Å²) in [6.07, 6.45) is 6.25. The van der Waals surface area contributed by atoms with Crippen molar-refractivity contribution in [2.24, 2.45) is 0 Å². The van der Waals surface area contributed by atoms with E-state index < -0.39 is 0 Å². The average molecular weight is 495 g/mol. The third-order valence-electron chi connectivity index (χ3n) is 5.12. The third-order valence-corrected chi connectivity index (χ3v) is 5.44. The molecule has 0 aliphatic heterocycles. The van der Waals surface area contributed by atoms with Gasteiger partial charge in [0.25, 0.3) is 0 Å². The van der Waals surface area contributed by atoms with Crippen molar-refractivity contribution in [3.63, 3.8) is 0 Å². The van der Waals surface area contributed by atoms with Gasteiger partial charge < -0.3 is 4.42 Å². The van der Waals surface area contributed by atoms with E-state index in [2.05, 4.69) is 30.4 Å². The van der Waals surface area contributed by atoms with Gasteiger partial charge in [0.15, 0.2) is 17.4 Å². The molecule has 0 spiro atoms. The summed E-state index contributed by atoms with van der Waals surface area (Å²) in [5.41, 5.74) is 2.47. The third kappa shape index (κ3) is 4.51. The highest BCUT2D eigenvalue weighted by Crippen LogP contribution is 2.28. The van der Waals surface area contributed by atoms with Crippen molar-refractivity contribution in [3.8, 4) is 34.7 Å². The van der Waals surface area contributed by atoms with Crippen molar-refractivity contribution in [1.82, 2.24) is 34.9 Å². The van der Waals surface area contributed by atoms with Crippen molar-refractivity contribution in [2.75, 3.05) is 0 Å². The lowest BCUT2D eigenvalue weighted by molar-refractivity contribution is 0.101. The van der Waals surface area contributed by atoms with E-state index in [1.807, 2.05) is 24.3 Å². The van der Waals surface area contributed by atoms with Crippen LogP contribution in [0.1, 0.15) is 34.7 Å². The molecule has 0 aliphatic rings. The molecule has 0 radical (unpaired) electrons. The number of hydrogen-bond donors (Lipinski definition) is 0. The molecule has 1 aromatic carbocycles. The lowest BCUT2D eigenvalue weighted by atomic mass is 10.2. The van der Waals surface area contributed by atoms with Crippen LogP contribution in [0.5, 0.6) is 0 Å². The maximum Gasteiger partial charge on any atom is 0.248 e. The zero-order valence-corrected chi connectivity index (χ0v) is 19.5. The Labute approximate surface area is 209 Å². The number of aromatic nitrogens is 7. The van der Waals surface area contributed by atoms with Crippen LogP contribution in [-0.4, -0.2) is 40.7 Å². The Morgan fingerprint density at radius 1 is 1.06 bits per heavy atom. The molecule has 0 N–H and O–H groups in total. The first kappa shape index (κ1) is 22.8. The van der Waals surface area contributed by atoms with Gasteiger partial charge in [0.05, 0.1) is 10.7 Å². The van der Waals surface area contributed by atoms with Gasteiger partial charge in [-0.05, 0) is 49.4 Å². The number of Topliss-reactive ketones (excluding diaryl/α,β-unsaturated/α-hetero) is 1. The summed E-state index contributed by atoms with van der Waals surface area (Å²) < 4.78 is 7.46. The zero-order valence-electron chi connectivity index (χ0n) is 18.7. The van der Waals surface area contributed by atoms with Gasteiger partial charge in [0.2, 0.25) is 11.8 Å². The van der Waals surface area contributed by atoms with Crippen LogP contribution in [0.4, 0.5) is 0 Å². The fraction of sp³-hybridized carbons (Fsp3) is 0.0400. The van der Waals surface area contributed by atoms with E-state index in [1.54, 1.807) is 47.1 Å². The van der Waals surface area contributed by atoms with Gasteiger partial charge in [0.1, 0.15) is 17.5 Å². The number of halogens is 1. The van der Waals surface area contributed by atoms with E-state index in [0.717, 1.165) is 0 Å².